The van der Waals surface area contributed by atoms with E-state index in [0.29, 0.717) is 0 Å². The number of aromatic nitrogens is 4. The Labute approximate surface area is 176 Å². The largest absolute Gasteiger partial charge is 0.379 e. The van der Waals surface area contributed by atoms with Gasteiger partial charge in [0.05, 0.1) is 19.4 Å². The zero-order chi connectivity index (χ0) is 20.0. The number of thiol groups is 1. The van der Waals surface area contributed by atoms with Crippen LogP contribution in [0.3, 0.4) is 0 Å². The molecule has 3 aromatic rings. The summed E-state index contributed by atoms with van der Waals surface area (Å²) in [5, 5.41) is 5.44. The molecule has 0 spiro atoms. The molecule has 1 saturated heterocycles. The van der Waals surface area contributed by atoms with Gasteiger partial charge < -0.3 is 4.74 Å². The summed E-state index contributed by atoms with van der Waals surface area (Å²) in [5.41, 5.74) is 5.93. The average molecular weight is 410 g/mol. The third-order valence-corrected chi connectivity index (χ3v) is 6.81. The van der Waals surface area contributed by atoms with Crippen LogP contribution in [0.15, 0.2) is 36.9 Å². The molecule has 1 aliphatic heterocycles. The highest BCUT2D eigenvalue weighted by Crippen LogP contribution is 2.38. The first-order valence-electron chi connectivity index (χ1n) is 10.3. The van der Waals surface area contributed by atoms with Crippen molar-refractivity contribution in [1.29, 1.82) is 0 Å². The Morgan fingerprint density at radius 1 is 1.14 bits per heavy atom. The van der Waals surface area contributed by atoms with Gasteiger partial charge in [0.25, 0.3) is 0 Å². The van der Waals surface area contributed by atoms with Crippen LogP contribution in [0.1, 0.15) is 31.7 Å². The summed E-state index contributed by atoms with van der Waals surface area (Å²) < 4.78 is 9.16. The molecule has 152 valence electrons. The fraction of sp³-hybridized carbons (Fsp3) is 0.455. The molecular weight excluding hydrogens is 382 g/mol. The van der Waals surface area contributed by atoms with E-state index >= 15 is 0 Å². The van der Waals surface area contributed by atoms with E-state index in [2.05, 4.69) is 41.9 Å². The lowest BCUT2D eigenvalue weighted by molar-refractivity contribution is -0.0190. The molecule has 2 aliphatic rings. The number of allylic oxidation sites excluding steroid dienone is 1. The zero-order valence-corrected chi connectivity index (χ0v) is 17.9. The fourth-order valence-corrected chi connectivity index (χ4v) is 4.94. The summed E-state index contributed by atoms with van der Waals surface area (Å²) in [7, 11) is 1.94. The lowest BCUT2D eigenvalue weighted by atomic mass is 9.80. The molecule has 1 aliphatic carbocycles. The smallest absolute Gasteiger partial charge is 0.150 e. The van der Waals surface area contributed by atoms with E-state index in [-0.39, 0.29) is 5.54 Å². The van der Waals surface area contributed by atoms with Crippen molar-refractivity contribution in [1.82, 2.24) is 23.6 Å². The topological polar surface area (TPSA) is 48.1 Å². The number of aryl methyl sites for hydroxylation is 1. The Morgan fingerprint density at radius 2 is 1.97 bits per heavy atom. The van der Waals surface area contributed by atoms with Gasteiger partial charge in [-0.15, -0.1) is 0 Å². The van der Waals surface area contributed by atoms with Gasteiger partial charge in [0.2, 0.25) is 0 Å². The van der Waals surface area contributed by atoms with E-state index in [4.69, 9.17) is 9.72 Å². The number of hydrogen-bond acceptors (Lipinski definition) is 5. The van der Waals surface area contributed by atoms with E-state index in [1.165, 1.54) is 17.6 Å². The average Bonchev–Trinajstić information content (AvgIpc) is 3.32. The molecule has 5 rings (SSSR count). The van der Waals surface area contributed by atoms with Crippen LogP contribution in [0.25, 0.3) is 27.7 Å². The molecule has 6 nitrogen and oxygen atoms in total. The molecule has 4 heterocycles. The van der Waals surface area contributed by atoms with Gasteiger partial charge in [-0.1, -0.05) is 18.9 Å². The molecule has 0 saturated carbocycles. The SMILES string of the molecule is Cn1cc(-c2cn(S)c3ncc(C4=CCC(C)(N5CCOCC5)CC4)cc23)cn1. The highest BCUT2D eigenvalue weighted by molar-refractivity contribution is 7.78. The summed E-state index contributed by atoms with van der Waals surface area (Å²) in [6.07, 6.45) is 13.7. The van der Waals surface area contributed by atoms with E-state index < -0.39 is 0 Å². The number of hydrogen-bond donors (Lipinski definition) is 1. The molecule has 0 bridgehead atoms. The van der Waals surface area contributed by atoms with Crippen LogP contribution >= 0.6 is 12.8 Å². The number of pyridine rings is 1. The van der Waals surface area contributed by atoms with Crippen LogP contribution in [0.2, 0.25) is 0 Å². The quantitative estimate of drug-likeness (QED) is 0.669. The third kappa shape index (κ3) is 3.41. The first-order valence-corrected chi connectivity index (χ1v) is 10.7. The van der Waals surface area contributed by atoms with Gasteiger partial charge in [0.15, 0.2) is 0 Å². The monoisotopic (exact) mass is 409 g/mol. The predicted octanol–water partition coefficient (Wildman–Crippen LogP) is 3.79. The minimum atomic E-state index is 0.236. The van der Waals surface area contributed by atoms with Crippen LogP contribution in [-0.4, -0.2) is 55.5 Å². The minimum absolute atomic E-state index is 0.236. The second-order valence-corrected chi connectivity index (χ2v) is 8.85. The maximum absolute atomic E-state index is 5.54. The first kappa shape index (κ1) is 18.9. The summed E-state index contributed by atoms with van der Waals surface area (Å²) in [6, 6.07) is 2.26. The minimum Gasteiger partial charge on any atom is -0.379 e. The van der Waals surface area contributed by atoms with Crippen LogP contribution in [-0.2, 0) is 11.8 Å². The molecular formula is C22H27N5OS. The molecule has 29 heavy (non-hydrogen) atoms. The van der Waals surface area contributed by atoms with Crippen molar-refractivity contribution in [2.75, 3.05) is 26.3 Å². The fourth-order valence-electron chi connectivity index (χ4n) is 4.66. The third-order valence-electron chi connectivity index (χ3n) is 6.51. The first-order chi connectivity index (χ1) is 14.0. The van der Waals surface area contributed by atoms with Crippen molar-refractivity contribution in [2.45, 2.75) is 31.7 Å². The molecule has 1 atom stereocenters. The number of rotatable bonds is 3. The highest BCUT2D eigenvalue weighted by atomic mass is 32.1. The second-order valence-electron chi connectivity index (χ2n) is 8.42. The molecule has 0 amide bonds. The van der Waals surface area contributed by atoms with Gasteiger partial charge in [-0.2, -0.15) is 5.10 Å². The molecule has 0 N–H and O–H groups in total. The Bertz CT molecular complexity index is 1080. The van der Waals surface area contributed by atoms with Crippen molar-refractivity contribution < 1.29 is 4.74 Å². The van der Waals surface area contributed by atoms with Gasteiger partial charge in [0, 0.05) is 60.8 Å². The van der Waals surface area contributed by atoms with E-state index in [9.17, 15) is 0 Å². The summed E-state index contributed by atoms with van der Waals surface area (Å²) >= 11 is 4.57. The standard InChI is InChI=1S/C22H27N5OS/c1-22(26-7-9-28-10-8-26)5-3-16(4-6-22)17-11-19-20(18-13-24-25(2)14-18)15-27(29)21(19)23-12-17/h3,11-15,29H,4-10H2,1-2H3. The number of nitrogens with zero attached hydrogens (tertiary/aromatic N) is 5. The Hall–Kier alpha value is -2.09. The van der Waals surface area contributed by atoms with Gasteiger partial charge >= 0.3 is 0 Å². The lowest BCUT2D eigenvalue weighted by Crippen LogP contribution is -2.52. The number of ether oxygens (including phenoxy) is 1. The van der Waals surface area contributed by atoms with Crippen molar-refractivity contribution in [3.05, 3.63) is 42.5 Å². The Morgan fingerprint density at radius 3 is 2.66 bits per heavy atom. The van der Waals surface area contributed by atoms with Crippen molar-refractivity contribution in [3.63, 3.8) is 0 Å². The zero-order valence-electron chi connectivity index (χ0n) is 17.0. The van der Waals surface area contributed by atoms with Gasteiger partial charge in [-0.05, 0) is 43.4 Å². The second kappa shape index (κ2) is 7.31. The van der Waals surface area contributed by atoms with Crippen molar-refractivity contribution in [2.24, 2.45) is 7.05 Å². The molecule has 1 fully saturated rings. The maximum atomic E-state index is 5.54. The molecule has 7 heteroatoms. The van der Waals surface area contributed by atoms with E-state index in [1.807, 2.05) is 36.5 Å². The van der Waals surface area contributed by atoms with E-state index in [0.717, 1.165) is 61.3 Å². The Balaban J connectivity index is 1.46. The summed E-state index contributed by atoms with van der Waals surface area (Å²) in [5.74, 6) is 0. The molecule has 0 aromatic carbocycles. The Kier molecular flexibility index (Phi) is 4.76. The van der Waals surface area contributed by atoms with Crippen molar-refractivity contribution >= 4 is 29.4 Å². The van der Waals surface area contributed by atoms with Gasteiger partial charge in [-0.3, -0.25) is 13.6 Å². The highest BCUT2D eigenvalue weighted by Gasteiger charge is 2.34. The van der Waals surface area contributed by atoms with Gasteiger partial charge in [0.1, 0.15) is 5.65 Å². The van der Waals surface area contributed by atoms with Crippen LogP contribution in [0.5, 0.6) is 0 Å². The lowest BCUT2D eigenvalue weighted by Gasteiger charge is -2.45. The number of fused-ring (bicyclic) bond motifs is 1. The maximum Gasteiger partial charge on any atom is 0.150 e. The summed E-state index contributed by atoms with van der Waals surface area (Å²) in [4.78, 5) is 7.33. The normalized spacial score (nSPS) is 23.5. The summed E-state index contributed by atoms with van der Waals surface area (Å²) in [6.45, 7) is 6.18. The van der Waals surface area contributed by atoms with Crippen molar-refractivity contribution in [3.8, 4) is 11.1 Å². The molecule has 0 radical (unpaired) electrons. The molecule has 1 unspecified atom stereocenters. The van der Waals surface area contributed by atoms with Crippen LogP contribution in [0, 0.1) is 0 Å². The van der Waals surface area contributed by atoms with Crippen LogP contribution < -0.4 is 0 Å². The van der Waals surface area contributed by atoms with Gasteiger partial charge in [-0.25, -0.2) is 4.98 Å². The molecule has 3 aromatic heterocycles. The predicted molar refractivity (Wildman–Crippen MR) is 119 cm³/mol. The van der Waals surface area contributed by atoms with Crippen LogP contribution in [0.4, 0.5) is 0 Å². The number of morpholine rings is 1. The van der Waals surface area contributed by atoms with E-state index in [1.54, 1.807) is 3.97 Å².